The minimum Gasteiger partial charge on any atom is -0.497 e. The van der Waals surface area contributed by atoms with E-state index in [1.54, 1.807) is 32.2 Å². The van der Waals surface area contributed by atoms with Crippen molar-refractivity contribution >= 4 is 17.8 Å². The van der Waals surface area contributed by atoms with Crippen molar-refractivity contribution in [2.45, 2.75) is 25.4 Å². The highest BCUT2D eigenvalue weighted by Crippen LogP contribution is 2.32. The van der Waals surface area contributed by atoms with E-state index in [0.29, 0.717) is 11.3 Å². The van der Waals surface area contributed by atoms with Crippen molar-refractivity contribution in [1.29, 1.82) is 0 Å². The fourth-order valence-electron chi connectivity index (χ4n) is 3.33. The number of benzene rings is 2. The molecule has 0 unspecified atom stereocenters. The van der Waals surface area contributed by atoms with Crippen LogP contribution in [0.2, 0.25) is 0 Å². The maximum atomic E-state index is 13.3. The molecule has 1 saturated heterocycles. The van der Waals surface area contributed by atoms with Gasteiger partial charge in [0.05, 0.1) is 7.11 Å². The SMILES string of the molecule is CC[C@]1(c2ccc(F)cc2)NC(=O)N(CC(=O)NCc2cccc(OC)c2)C1=O. The van der Waals surface area contributed by atoms with Gasteiger partial charge < -0.3 is 15.4 Å². The van der Waals surface area contributed by atoms with Crippen molar-refractivity contribution in [3.05, 3.63) is 65.5 Å². The van der Waals surface area contributed by atoms with E-state index in [1.165, 1.54) is 24.3 Å². The Morgan fingerprint density at radius 3 is 2.59 bits per heavy atom. The Morgan fingerprint density at radius 1 is 1.21 bits per heavy atom. The molecule has 1 aliphatic heterocycles. The van der Waals surface area contributed by atoms with Gasteiger partial charge in [-0.2, -0.15) is 0 Å². The van der Waals surface area contributed by atoms with Gasteiger partial charge in [0.25, 0.3) is 5.91 Å². The van der Waals surface area contributed by atoms with Crippen LogP contribution < -0.4 is 15.4 Å². The predicted molar refractivity (Wildman–Crippen MR) is 103 cm³/mol. The number of hydrogen-bond donors (Lipinski definition) is 2. The van der Waals surface area contributed by atoms with Crippen molar-refractivity contribution in [2.24, 2.45) is 0 Å². The largest absolute Gasteiger partial charge is 0.497 e. The summed E-state index contributed by atoms with van der Waals surface area (Å²) >= 11 is 0. The van der Waals surface area contributed by atoms with Crippen LogP contribution in [0, 0.1) is 5.82 Å². The molecule has 0 aliphatic carbocycles. The third kappa shape index (κ3) is 4.06. The van der Waals surface area contributed by atoms with Crippen molar-refractivity contribution in [2.75, 3.05) is 13.7 Å². The van der Waals surface area contributed by atoms with Gasteiger partial charge in [-0.3, -0.25) is 14.5 Å². The van der Waals surface area contributed by atoms with E-state index in [0.717, 1.165) is 10.5 Å². The fraction of sp³-hybridized carbons (Fsp3) is 0.286. The minimum atomic E-state index is -1.31. The number of imide groups is 1. The first-order valence-electron chi connectivity index (χ1n) is 9.19. The molecule has 7 nitrogen and oxygen atoms in total. The number of hydrogen-bond acceptors (Lipinski definition) is 4. The second kappa shape index (κ2) is 8.30. The van der Waals surface area contributed by atoms with Crippen molar-refractivity contribution in [3.63, 3.8) is 0 Å². The maximum absolute atomic E-state index is 13.3. The van der Waals surface area contributed by atoms with Gasteiger partial charge in [0.1, 0.15) is 23.7 Å². The fourth-order valence-corrected chi connectivity index (χ4v) is 3.33. The number of urea groups is 1. The molecule has 1 atom stereocenters. The molecule has 2 aromatic rings. The zero-order valence-electron chi connectivity index (χ0n) is 16.2. The standard InChI is InChI=1S/C21H22FN3O4/c1-3-21(15-7-9-16(22)10-8-15)19(27)25(20(28)24-21)13-18(26)23-12-14-5-4-6-17(11-14)29-2/h4-11H,3,12-13H2,1-2H3,(H,23,26)(H,24,28)/t21-/m1/s1. The van der Waals surface area contributed by atoms with Gasteiger partial charge in [-0.15, -0.1) is 0 Å². The molecule has 1 aliphatic rings. The van der Waals surface area contributed by atoms with Gasteiger partial charge in [0.2, 0.25) is 5.91 Å². The van der Waals surface area contributed by atoms with Crippen LogP contribution in [0.15, 0.2) is 48.5 Å². The van der Waals surface area contributed by atoms with Crippen molar-refractivity contribution in [1.82, 2.24) is 15.5 Å². The quantitative estimate of drug-likeness (QED) is 0.700. The van der Waals surface area contributed by atoms with Crippen LogP contribution in [0.1, 0.15) is 24.5 Å². The number of amides is 4. The van der Waals surface area contributed by atoms with Crippen molar-refractivity contribution < 1.29 is 23.5 Å². The topological polar surface area (TPSA) is 87.7 Å². The van der Waals surface area contributed by atoms with Crippen LogP contribution in [0.5, 0.6) is 5.75 Å². The van der Waals surface area contributed by atoms with Gasteiger partial charge in [-0.05, 0) is 41.8 Å². The van der Waals surface area contributed by atoms with E-state index >= 15 is 0 Å². The zero-order chi connectivity index (χ0) is 21.0. The molecule has 1 heterocycles. The first-order valence-corrected chi connectivity index (χ1v) is 9.19. The zero-order valence-corrected chi connectivity index (χ0v) is 16.2. The summed E-state index contributed by atoms with van der Waals surface area (Å²) in [7, 11) is 1.55. The highest BCUT2D eigenvalue weighted by atomic mass is 19.1. The lowest BCUT2D eigenvalue weighted by molar-refractivity contribution is -0.135. The molecule has 0 radical (unpaired) electrons. The minimum absolute atomic E-state index is 0.233. The molecule has 3 rings (SSSR count). The number of carbonyl (C=O) groups is 3. The second-order valence-corrected chi connectivity index (χ2v) is 6.72. The van der Waals surface area contributed by atoms with Crippen LogP contribution in [0.3, 0.4) is 0 Å². The van der Waals surface area contributed by atoms with Crippen LogP contribution in [0.4, 0.5) is 9.18 Å². The third-order valence-corrected chi connectivity index (χ3v) is 4.97. The summed E-state index contributed by atoms with van der Waals surface area (Å²) in [6.45, 7) is 1.57. The Kier molecular flexibility index (Phi) is 5.81. The lowest BCUT2D eigenvalue weighted by Crippen LogP contribution is -2.44. The predicted octanol–water partition coefficient (Wildman–Crippen LogP) is 2.31. The summed E-state index contributed by atoms with van der Waals surface area (Å²) in [6.07, 6.45) is 0.269. The van der Waals surface area contributed by atoms with Crippen LogP contribution >= 0.6 is 0 Å². The van der Waals surface area contributed by atoms with Gasteiger partial charge in [0, 0.05) is 6.54 Å². The molecule has 2 N–H and O–H groups in total. The molecular weight excluding hydrogens is 377 g/mol. The van der Waals surface area contributed by atoms with Gasteiger partial charge in [-0.25, -0.2) is 9.18 Å². The van der Waals surface area contributed by atoms with E-state index in [-0.39, 0.29) is 13.0 Å². The second-order valence-electron chi connectivity index (χ2n) is 6.72. The summed E-state index contributed by atoms with van der Waals surface area (Å²) in [5.41, 5.74) is -0.0131. The number of rotatable bonds is 7. The lowest BCUT2D eigenvalue weighted by Gasteiger charge is -2.25. The Bertz CT molecular complexity index is 932. The molecule has 0 spiro atoms. The number of halogens is 1. The first kappa shape index (κ1) is 20.3. The lowest BCUT2D eigenvalue weighted by atomic mass is 9.87. The van der Waals surface area contributed by atoms with Crippen molar-refractivity contribution in [3.8, 4) is 5.75 Å². The van der Waals surface area contributed by atoms with Gasteiger partial charge >= 0.3 is 6.03 Å². The maximum Gasteiger partial charge on any atom is 0.325 e. The smallest absolute Gasteiger partial charge is 0.325 e. The highest BCUT2D eigenvalue weighted by Gasteiger charge is 2.51. The monoisotopic (exact) mass is 399 g/mol. The summed E-state index contributed by atoms with van der Waals surface area (Å²) < 4.78 is 18.4. The molecule has 1 fully saturated rings. The van der Waals surface area contributed by atoms with E-state index in [9.17, 15) is 18.8 Å². The molecule has 8 heteroatoms. The summed E-state index contributed by atoms with van der Waals surface area (Å²) in [5.74, 6) is -0.779. The van der Waals surface area contributed by atoms with Crippen LogP contribution in [0.25, 0.3) is 0 Å². The number of nitrogens with zero attached hydrogens (tertiary/aromatic N) is 1. The molecule has 29 heavy (non-hydrogen) atoms. The Balaban J connectivity index is 1.69. The molecule has 0 bridgehead atoms. The van der Waals surface area contributed by atoms with E-state index in [2.05, 4.69) is 10.6 Å². The summed E-state index contributed by atoms with van der Waals surface area (Å²) in [5, 5.41) is 5.36. The summed E-state index contributed by atoms with van der Waals surface area (Å²) in [6, 6.07) is 11.9. The van der Waals surface area contributed by atoms with Gasteiger partial charge in [0.15, 0.2) is 0 Å². The number of ether oxygens (including phenoxy) is 1. The average molecular weight is 399 g/mol. The Morgan fingerprint density at radius 2 is 1.93 bits per heavy atom. The first-order chi connectivity index (χ1) is 13.9. The normalized spacial score (nSPS) is 18.5. The van der Waals surface area contributed by atoms with E-state index in [1.807, 2.05) is 6.07 Å². The van der Waals surface area contributed by atoms with Crippen LogP contribution in [-0.4, -0.2) is 36.4 Å². The number of nitrogens with one attached hydrogen (secondary N) is 2. The Hall–Kier alpha value is -3.42. The third-order valence-electron chi connectivity index (χ3n) is 4.97. The van der Waals surface area contributed by atoms with Gasteiger partial charge in [-0.1, -0.05) is 31.2 Å². The molecule has 152 valence electrons. The molecule has 2 aromatic carbocycles. The van der Waals surface area contributed by atoms with E-state index < -0.39 is 35.7 Å². The van der Waals surface area contributed by atoms with Crippen LogP contribution in [-0.2, 0) is 21.7 Å². The Labute approximate surface area is 167 Å². The molecular formula is C21H22FN3O4. The van der Waals surface area contributed by atoms with E-state index in [4.69, 9.17) is 4.74 Å². The number of carbonyl (C=O) groups excluding carboxylic acids is 3. The average Bonchev–Trinajstić information content (AvgIpc) is 2.98. The molecule has 0 aromatic heterocycles. The highest BCUT2D eigenvalue weighted by molar-refractivity contribution is 6.09. The number of methoxy groups -OCH3 is 1. The summed E-state index contributed by atoms with van der Waals surface area (Å²) in [4.78, 5) is 38.6. The molecule has 0 saturated carbocycles. The molecule has 4 amide bonds.